The van der Waals surface area contributed by atoms with Gasteiger partial charge in [0.15, 0.2) is 5.82 Å². The van der Waals surface area contributed by atoms with E-state index in [0.717, 1.165) is 5.56 Å². The maximum absolute atomic E-state index is 12.9. The van der Waals surface area contributed by atoms with Gasteiger partial charge in [0.25, 0.3) is 10.0 Å². The summed E-state index contributed by atoms with van der Waals surface area (Å²) in [5.41, 5.74) is 2.57. The average molecular weight is 549 g/mol. The number of benzene rings is 3. The van der Waals surface area contributed by atoms with E-state index < -0.39 is 16.4 Å². The third kappa shape index (κ3) is 6.69. The van der Waals surface area contributed by atoms with Gasteiger partial charge in [-0.2, -0.15) is 0 Å². The zero-order chi connectivity index (χ0) is 26.6. The highest BCUT2D eigenvalue weighted by molar-refractivity contribution is 7.92. The van der Waals surface area contributed by atoms with Crippen molar-refractivity contribution < 1.29 is 26.3 Å². The van der Waals surface area contributed by atoms with Crippen molar-refractivity contribution in [3.8, 4) is 17.0 Å². The zero-order valence-electron chi connectivity index (χ0n) is 19.3. The second kappa shape index (κ2) is 10.7. The van der Waals surface area contributed by atoms with E-state index in [2.05, 4.69) is 19.4 Å². The van der Waals surface area contributed by atoms with Crippen LogP contribution < -0.4 is 14.4 Å². The van der Waals surface area contributed by atoms with Gasteiger partial charge in [-0.05, 0) is 42.0 Å². The number of ether oxygens (including phenoxy) is 1. The summed E-state index contributed by atoms with van der Waals surface area (Å²) >= 11 is 6.06. The molecule has 192 valence electrons. The molecule has 0 atom stereocenters. The first-order valence-electron chi connectivity index (χ1n) is 10.8. The van der Waals surface area contributed by atoms with E-state index in [1.807, 2.05) is 17.0 Å². The molecule has 1 N–H and O–H groups in total. The zero-order valence-corrected chi connectivity index (χ0v) is 20.8. The molecule has 0 bridgehead atoms. The van der Waals surface area contributed by atoms with Gasteiger partial charge in [-0.1, -0.05) is 48.0 Å². The summed E-state index contributed by atoms with van der Waals surface area (Å²) < 4.78 is 69.2. The van der Waals surface area contributed by atoms with Crippen LogP contribution in [0.1, 0.15) is 5.56 Å². The summed E-state index contributed by atoms with van der Waals surface area (Å²) in [5.74, 6) is -0.243. The van der Waals surface area contributed by atoms with Gasteiger partial charge in [0.2, 0.25) is 0 Å². The van der Waals surface area contributed by atoms with Gasteiger partial charge in [-0.3, -0.25) is 9.71 Å². The molecule has 1 heterocycles. The summed E-state index contributed by atoms with van der Waals surface area (Å²) in [4.78, 5) is 10.2. The first kappa shape index (κ1) is 26.2. The van der Waals surface area contributed by atoms with Gasteiger partial charge >= 0.3 is 6.36 Å². The number of alkyl halides is 3. The highest BCUT2D eigenvalue weighted by Crippen LogP contribution is 2.29. The van der Waals surface area contributed by atoms with Gasteiger partial charge in [-0.15, -0.1) is 13.2 Å². The Labute approximate surface area is 216 Å². The first-order chi connectivity index (χ1) is 17.5. The summed E-state index contributed by atoms with van der Waals surface area (Å²) in [6.07, 6.45) is -1.91. The van der Waals surface area contributed by atoms with Crippen LogP contribution in [0.25, 0.3) is 11.3 Å². The maximum atomic E-state index is 12.9. The minimum Gasteiger partial charge on any atom is -0.406 e. The predicted molar refractivity (Wildman–Crippen MR) is 135 cm³/mol. The minimum absolute atomic E-state index is 0.0495. The van der Waals surface area contributed by atoms with E-state index in [0.29, 0.717) is 23.5 Å². The van der Waals surface area contributed by atoms with Gasteiger partial charge in [0.1, 0.15) is 16.3 Å². The Hall–Kier alpha value is -3.83. The molecule has 0 saturated heterocycles. The molecule has 0 aliphatic heterocycles. The molecule has 4 aromatic rings. The van der Waals surface area contributed by atoms with Crippen LogP contribution in [-0.2, 0) is 16.6 Å². The molecule has 0 radical (unpaired) electrons. The molecule has 37 heavy (non-hydrogen) atoms. The van der Waals surface area contributed by atoms with Crippen LogP contribution in [0.2, 0.25) is 5.02 Å². The van der Waals surface area contributed by atoms with E-state index in [-0.39, 0.29) is 21.5 Å². The minimum atomic E-state index is -4.74. The molecule has 3 aromatic carbocycles. The van der Waals surface area contributed by atoms with E-state index in [1.54, 1.807) is 31.3 Å². The summed E-state index contributed by atoms with van der Waals surface area (Å²) in [6, 6.07) is 18.9. The first-order valence-corrected chi connectivity index (χ1v) is 12.6. The van der Waals surface area contributed by atoms with Crippen LogP contribution in [-0.4, -0.2) is 31.8 Å². The van der Waals surface area contributed by atoms with Gasteiger partial charge in [0, 0.05) is 37.2 Å². The summed E-state index contributed by atoms with van der Waals surface area (Å²) in [7, 11) is -2.20. The molecule has 0 aliphatic rings. The molecule has 0 amide bonds. The third-order valence-corrected chi connectivity index (χ3v) is 7.05. The summed E-state index contributed by atoms with van der Waals surface area (Å²) in [5, 5.41) is 0.0800. The number of nitrogens with one attached hydrogen (secondary N) is 1. The van der Waals surface area contributed by atoms with Crippen LogP contribution in [0.4, 0.5) is 24.7 Å². The monoisotopic (exact) mass is 548 g/mol. The quantitative estimate of drug-likeness (QED) is 0.285. The lowest BCUT2D eigenvalue weighted by Crippen LogP contribution is -2.18. The van der Waals surface area contributed by atoms with Crippen molar-refractivity contribution in [3.63, 3.8) is 0 Å². The lowest BCUT2D eigenvalue weighted by Gasteiger charge is -2.20. The predicted octanol–water partition coefficient (Wildman–Crippen LogP) is 6.13. The second-order valence-electron chi connectivity index (χ2n) is 7.88. The fourth-order valence-corrected chi connectivity index (χ4v) is 5.04. The number of anilines is 2. The molecule has 4 rings (SSSR count). The molecule has 0 aliphatic carbocycles. The topological polar surface area (TPSA) is 84.4 Å². The van der Waals surface area contributed by atoms with E-state index in [1.165, 1.54) is 48.8 Å². The Bertz CT molecular complexity index is 1480. The molecular formula is C25H20ClF3N4O3S. The van der Waals surface area contributed by atoms with Crippen molar-refractivity contribution in [2.24, 2.45) is 0 Å². The lowest BCUT2D eigenvalue weighted by atomic mass is 10.1. The number of nitrogens with zero attached hydrogens (tertiary/aromatic N) is 3. The lowest BCUT2D eigenvalue weighted by molar-refractivity contribution is -0.274. The van der Waals surface area contributed by atoms with Crippen molar-refractivity contribution in [2.75, 3.05) is 16.7 Å². The number of halogens is 4. The van der Waals surface area contributed by atoms with Crippen molar-refractivity contribution in [1.82, 2.24) is 9.97 Å². The largest absolute Gasteiger partial charge is 0.573 e. The standard InChI is InChI=1S/C25H20ClF3N4O3S/c1-33(19-10-12-20(13-11-19)36-25(27,28)29)16-17-6-8-18(9-7-17)23-24(31-15-14-30-23)32-37(34,35)22-5-3-2-4-21(22)26/h2-15H,16H2,1H3,(H,31,32). The Morgan fingerprint density at radius 2 is 1.59 bits per heavy atom. The molecular weight excluding hydrogens is 529 g/mol. The fourth-order valence-electron chi connectivity index (χ4n) is 3.50. The van der Waals surface area contributed by atoms with Gasteiger partial charge < -0.3 is 9.64 Å². The van der Waals surface area contributed by atoms with E-state index >= 15 is 0 Å². The van der Waals surface area contributed by atoms with Crippen LogP contribution in [0.5, 0.6) is 5.75 Å². The van der Waals surface area contributed by atoms with Crippen LogP contribution in [0.3, 0.4) is 0 Å². The summed E-state index contributed by atoms with van der Waals surface area (Å²) in [6.45, 7) is 0.464. The van der Waals surface area contributed by atoms with Crippen LogP contribution in [0, 0.1) is 0 Å². The molecule has 0 spiro atoms. The molecule has 12 heteroatoms. The number of hydrogen-bond acceptors (Lipinski definition) is 6. The molecule has 0 fully saturated rings. The van der Waals surface area contributed by atoms with Gasteiger partial charge in [-0.25, -0.2) is 13.4 Å². The van der Waals surface area contributed by atoms with E-state index in [4.69, 9.17) is 11.6 Å². The average Bonchev–Trinajstić information content (AvgIpc) is 2.84. The van der Waals surface area contributed by atoms with Crippen molar-refractivity contribution in [3.05, 3.63) is 95.8 Å². The van der Waals surface area contributed by atoms with Crippen molar-refractivity contribution in [1.29, 1.82) is 0 Å². The van der Waals surface area contributed by atoms with Crippen molar-refractivity contribution >= 4 is 33.1 Å². The van der Waals surface area contributed by atoms with Crippen molar-refractivity contribution in [2.45, 2.75) is 17.8 Å². The number of sulfonamides is 1. The van der Waals surface area contributed by atoms with Crippen LogP contribution >= 0.6 is 11.6 Å². The van der Waals surface area contributed by atoms with Gasteiger partial charge in [0.05, 0.1) is 5.02 Å². The Balaban J connectivity index is 1.49. The number of hydrogen-bond donors (Lipinski definition) is 1. The van der Waals surface area contributed by atoms with Crippen LogP contribution in [0.15, 0.2) is 90.1 Å². The fraction of sp³-hybridized carbons (Fsp3) is 0.120. The highest BCUT2D eigenvalue weighted by Gasteiger charge is 2.31. The maximum Gasteiger partial charge on any atom is 0.573 e. The smallest absolute Gasteiger partial charge is 0.406 e. The number of aromatic nitrogens is 2. The second-order valence-corrected chi connectivity index (χ2v) is 9.94. The molecule has 0 unspecified atom stereocenters. The SMILES string of the molecule is CN(Cc1ccc(-c2nccnc2NS(=O)(=O)c2ccccc2Cl)cc1)c1ccc(OC(F)(F)F)cc1. The Morgan fingerprint density at radius 1 is 0.946 bits per heavy atom. The third-order valence-electron chi connectivity index (χ3n) is 5.21. The molecule has 7 nitrogen and oxygen atoms in total. The number of rotatable bonds is 8. The van der Waals surface area contributed by atoms with E-state index in [9.17, 15) is 21.6 Å². The Morgan fingerprint density at radius 3 is 2.24 bits per heavy atom. The molecule has 1 aromatic heterocycles. The molecule has 0 saturated carbocycles. The normalized spacial score (nSPS) is 11.7. The Kier molecular flexibility index (Phi) is 7.55. The highest BCUT2D eigenvalue weighted by atomic mass is 35.5.